The first-order valence-electron chi connectivity index (χ1n) is 38.1. The lowest BCUT2D eigenvalue weighted by atomic mass is 9.91. The van der Waals surface area contributed by atoms with Gasteiger partial charge in [0.1, 0.15) is 26.4 Å². The molecule has 0 heterocycles. The molecule has 34 nitrogen and oxygen atoms in total. The number of esters is 16. The molecular formula is C77H126F8O34. The fourth-order valence-electron chi connectivity index (χ4n) is 5.83. The average molecular weight is 1750 g/mol. The molecule has 0 saturated carbocycles. The summed E-state index contributed by atoms with van der Waals surface area (Å²) in [6.07, 6.45) is 1.41. The van der Waals surface area contributed by atoms with Crippen LogP contribution in [0.4, 0.5) is 35.1 Å². The van der Waals surface area contributed by atoms with E-state index in [1.165, 1.54) is 0 Å². The van der Waals surface area contributed by atoms with E-state index in [4.69, 9.17) is 28.4 Å². The van der Waals surface area contributed by atoms with Crippen molar-refractivity contribution in [3.63, 3.8) is 0 Å². The number of ether oxygens (including phenoxy) is 18. The summed E-state index contributed by atoms with van der Waals surface area (Å²) in [5.74, 6) is -23.0. The van der Waals surface area contributed by atoms with Crippen LogP contribution in [0.25, 0.3) is 0 Å². The van der Waals surface area contributed by atoms with E-state index in [2.05, 4.69) is 56.8 Å². The maximum absolute atomic E-state index is 12.5. The summed E-state index contributed by atoms with van der Waals surface area (Å²) in [6, 6.07) is 0. The van der Waals surface area contributed by atoms with Crippen molar-refractivity contribution in [1.82, 2.24) is 0 Å². The lowest BCUT2D eigenvalue weighted by Crippen LogP contribution is -2.29. The van der Waals surface area contributed by atoms with Gasteiger partial charge in [0, 0.05) is 25.7 Å². The van der Waals surface area contributed by atoms with Crippen molar-refractivity contribution >= 4 is 95.5 Å². The number of halogens is 8. The standard InChI is InChI=1S/C14H22F2O6.C14H24F2O5.C13H20F2O6.C13H22F2O5.C12H20O6.C11H18O6/c1-5-13(2,3)12(19)22-9-11(18)21-8-10(17)20-7-6-14(4,15)16;1-5-13(2,3)12(18)21-9-8-19-10-11(17)20-7-6-14(4,15)16;1-4-9(2)12(18)21-8-11(17)20-7-10(16)19-6-5-13(3,14)15;1-4-10(2)12(17)20-8-7-18-9-11(16)19-6-5-13(3,14)15;1-5-12(3,4)11(15)18-8-10(14)17-7-9(13)16-6-2;1-4-8(3)11(14)17-7-10(13)16-6-9(12)15-5-2/h5-9H2,1-4H3;5-10H2,1-4H3;9H,4-8H2,1-3H3;10H,4-9H2,1-3H3;5-8H2,1-4H3;8H,4-7H2,1-3H3. The third kappa shape index (κ3) is 78.5. The smallest absolute Gasteiger partial charge is 0.344 e. The molecule has 0 aromatic carbocycles. The summed E-state index contributed by atoms with van der Waals surface area (Å²) in [7, 11) is 0. The number of rotatable bonds is 52. The zero-order valence-corrected chi connectivity index (χ0v) is 72.3. The van der Waals surface area contributed by atoms with Crippen LogP contribution in [0.3, 0.4) is 0 Å². The summed E-state index contributed by atoms with van der Waals surface area (Å²) in [5.41, 5.74) is -1.91. The predicted octanol–water partition coefficient (Wildman–Crippen LogP) is 10.3. The fraction of sp³-hybridized carbons (Fsp3) is 0.792. The van der Waals surface area contributed by atoms with Gasteiger partial charge in [-0.05, 0) is 122 Å². The minimum Gasteiger partial charge on any atom is -0.464 e. The molecule has 0 bridgehead atoms. The Balaban J connectivity index is -0.000000323. The molecule has 42 heteroatoms. The molecule has 0 spiro atoms. The Morgan fingerprint density at radius 1 is 0.227 bits per heavy atom. The third-order valence-electron chi connectivity index (χ3n) is 15.3. The first-order valence-corrected chi connectivity index (χ1v) is 38.1. The normalized spacial score (nSPS) is 11.9. The van der Waals surface area contributed by atoms with Crippen LogP contribution < -0.4 is 0 Å². The first kappa shape index (κ1) is 121. The number of hydrogen-bond acceptors (Lipinski definition) is 34. The summed E-state index contributed by atoms with van der Waals surface area (Å²) in [6.45, 7) is 26.3. The summed E-state index contributed by atoms with van der Waals surface area (Å²) in [5, 5.41) is 0. The molecule has 0 radical (unpaired) electrons. The molecule has 694 valence electrons. The highest BCUT2D eigenvalue weighted by molar-refractivity contribution is 5.84. The van der Waals surface area contributed by atoms with Gasteiger partial charge in [-0.1, -0.05) is 62.3 Å². The van der Waals surface area contributed by atoms with Gasteiger partial charge >= 0.3 is 95.5 Å². The van der Waals surface area contributed by atoms with Crippen molar-refractivity contribution in [1.29, 1.82) is 0 Å². The SMILES string of the molecule is CCC(C)(C)C(=O)OCC(=O)OCC(=O)OCCC(C)(F)F.CCC(C)(C)C(=O)OCCOCC(=O)OCCC(C)(F)F.CCC(C)C(=O)OCC(=O)OCC(=O)OCCC(C)(F)F.CCC(C)C(=O)OCCOCC(=O)OCCC(C)(F)F.CCOC(=O)COC(=O)COC(=O)C(C)(C)CC.CCOC(=O)COC(=O)COC(=O)C(C)CC. The van der Waals surface area contributed by atoms with E-state index in [1.807, 2.05) is 27.7 Å². The van der Waals surface area contributed by atoms with Crippen molar-refractivity contribution in [2.24, 2.45) is 34.0 Å². The Hall–Kier alpha value is -9.12. The van der Waals surface area contributed by atoms with Crippen LogP contribution in [-0.2, 0) is 162 Å². The van der Waals surface area contributed by atoms with Crippen molar-refractivity contribution in [3.05, 3.63) is 0 Å². The Morgan fingerprint density at radius 3 is 0.647 bits per heavy atom. The molecule has 0 saturated heterocycles. The maximum Gasteiger partial charge on any atom is 0.344 e. The molecule has 0 rings (SSSR count). The molecule has 0 fully saturated rings. The highest BCUT2D eigenvalue weighted by atomic mass is 19.3. The van der Waals surface area contributed by atoms with Crippen LogP contribution in [0.1, 0.15) is 210 Å². The van der Waals surface area contributed by atoms with E-state index in [0.717, 1.165) is 13.8 Å². The van der Waals surface area contributed by atoms with Gasteiger partial charge in [-0.25, -0.2) is 83.1 Å². The van der Waals surface area contributed by atoms with Gasteiger partial charge in [0.25, 0.3) is 0 Å². The Labute approximate surface area is 689 Å². The van der Waals surface area contributed by atoms with Gasteiger partial charge in [-0.3, -0.25) is 28.8 Å². The maximum atomic E-state index is 12.5. The lowest BCUT2D eigenvalue weighted by molar-refractivity contribution is -0.168. The van der Waals surface area contributed by atoms with Crippen molar-refractivity contribution in [3.8, 4) is 0 Å². The molecule has 0 N–H and O–H groups in total. The summed E-state index contributed by atoms with van der Waals surface area (Å²) in [4.78, 5) is 179. The van der Waals surface area contributed by atoms with Gasteiger partial charge < -0.3 is 85.3 Å². The Kier molecular flexibility index (Phi) is 67.6. The fourth-order valence-corrected chi connectivity index (χ4v) is 5.83. The predicted molar refractivity (Wildman–Crippen MR) is 400 cm³/mol. The second-order valence-corrected chi connectivity index (χ2v) is 27.8. The largest absolute Gasteiger partial charge is 0.464 e. The molecule has 0 aliphatic carbocycles. The van der Waals surface area contributed by atoms with Gasteiger partial charge in [0.2, 0.25) is 23.7 Å². The first-order chi connectivity index (χ1) is 54.8. The highest BCUT2D eigenvalue weighted by Crippen LogP contribution is 2.24. The Bertz CT molecular complexity index is 2990. The number of carbonyl (C=O) groups is 16. The summed E-state index contributed by atoms with van der Waals surface area (Å²) >= 11 is 0. The van der Waals surface area contributed by atoms with Crippen molar-refractivity contribution in [2.45, 2.75) is 233 Å². The van der Waals surface area contributed by atoms with Crippen LogP contribution in [0.5, 0.6) is 0 Å². The highest BCUT2D eigenvalue weighted by Gasteiger charge is 2.32. The molecule has 0 aromatic rings. The van der Waals surface area contributed by atoms with Gasteiger partial charge in [0.15, 0.2) is 52.9 Å². The van der Waals surface area contributed by atoms with Crippen molar-refractivity contribution < 1.29 is 197 Å². The molecule has 0 amide bonds. The summed E-state index contributed by atoms with van der Waals surface area (Å²) < 4.78 is 183. The van der Waals surface area contributed by atoms with Crippen LogP contribution in [0.2, 0.25) is 0 Å². The van der Waals surface area contributed by atoms with E-state index in [0.29, 0.717) is 52.4 Å². The topological polar surface area (TPSA) is 439 Å². The monoisotopic (exact) mass is 1750 g/mol. The number of alkyl halides is 8. The molecule has 0 aromatic heterocycles. The van der Waals surface area contributed by atoms with E-state index >= 15 is 0 Å². The molecule has 119 heavy (non-hydrogen) atoms. The van der Waals surface area contributed by atoms with Gasteiger partial charge in [-0.15, -0.1) is 0 Å². The van der Waals surface area contributed by atoms with Crippen molar-refractivity contribution in [2.75, 3.05) is 132 Å². The molecule has 3 unspecified atom stereocenters. The second kappa shape index (κ2) is 66.7. The molecular weight excluding hydrogens is 1620 g/mol. The van der Waals surface area contributed by atoms with Crippen LogP contribution in [0.15, 0.2) is 0 Å². The van der Waals surface area contributed by atoms with Gasteiger partial charge in [0.05, 0.1) is 86.9 Å². The lowest BCUT2D eigenvalue weighted by Gasteiger charge is -2.20. The zero-order valence-electron chi connectivity index (χ0n) is 72.3. The van der Waals surface area contributed by atoms with E-state index in [-0.39, 0.29) is 95.8 Å². The van der Waals surface area contributed by atoms with E-state index in [9.17, 15) is 112 Å². The minimum absolute atomic E-state index is 0.0303. The quantitative estimate of drug-likeness (QED) is 0.0236. The third-order valence-corrected chi connectivity index (χ3v) is 15.3. The van der Waals surface area contributed by atoms with Gasteiger partial charge in [-0.2, -0.15) is 0 Å². The van der Waals surface area contributed by atoms with Crippen LogP contribution in [0, 0.1) is 34.0 Å². The molecule has 3 atom stereocenters. The van der Waals surface area contributed by atoms with E-state index in [1.54, 1.807) is 90.0 Å². The average Bonchev–Trinajstić information content (AvgIpc) is 0.900. The zero-order chi connectivity index (χ0) is 93.4. The molecule has 0 aliphatic heterocycles. The van der Waals surface area contributed by atoms with E-state index < -0.39 is 215 Å². The second-order valence-electron chi connectivity index (χ2n) is 27.8. The van der Waals surface area contributed by atoms with Crippen LogP contribution in [-0.4, -0.2) is 251 Å². The molecule has 0 aliphatic rings. The van der Waals surface area contributed by atoms with Crippen LogP contribution >= 0.6 is 0 Å². The Morgan fingerprint density at radius 2 is 0.420 bits per heavy atom. The number of hydrogen-bond donors (Lipinski definition) is 0. The number of carbonyl (C=O) groups excluding carboxylic acids is 16. The minimum atomic E-state index is -2.93.